The Balaban J connectivity index is 0.00000288. The third-order valence-corrected chi connectivity index (χ3v) is 5.00. The van der Waals surface area contributed by atoms with Gasteiger partial charge >= 0.3 is 36.7 Å². The van der Waals surface area contributed by atoms with Gasteiger partial charge < -0.3 is 18.6 Å². The van der Waals surface area contributed by atoms with Crippen LogP contribution in [0.15, 0.2) is 24.3 Å². The minimum absolute atomic E-state index is 0. The molecule has 128 valence electrons. The molecule has 1 aromatic rings. The van der Waals surface area contributed by atoms with Gasteiger partial charge in [-0.1, -0.05) is 12.1 Å². The van der Waals surface area contributed by atoms with Gasteiger partial charge in [-0.05, 0) is 51.7 Å². The summed E-state index contributed by atoms with van der Waals surface area (Å²) in [4.78, 5) is 0. The Morgan fingerprint density at radius 3 is 2.04 bits per heavy atom. The maximum Gasteiger partial charge on any atom is 1.00 e. The van der Waals surface area contributed by atoms with Gasteiger partial charge in [0.15, 0.2) is 0 Å². The number of benzene rings is 1. The van der Waals surface area contributed by atoms with Crippen LogP contribution >= 0.6 is 0 Å². The second kappa shape index (κ2) is 8.08. The minimum Gasteiger partial charge on any atom is -0.748 e. The molecule has 0 spiro atoms. The second-order valence-electron chi connectivity index (χ2n) is 6.62. The maximum atomic E-state index is 10.5. The van der Waals surface area contributed by atoms with Gasteiger partial charge in [0.25, 0.3) is 0 Å². The molecule has 1 aliphatic heterocycles. The fraction of sp³-hybridized carbons (Fsp3) is 0.600. The third kappa shape index (κ3) is 5.73. The Kier molecular flexibility index (Phi) is 7.39. The van der Waals surface area contributed by atoms with E-state index in [0.29, 0.717) is 5.75 Å². The van der Waals surface area contributed by atoms with Crippen LogP contribution in [0.25, 0.3) is 0 Å². The normalized spacial score (nSPS) is 19.0. The Labute approximate surface area is 166 Å². The number of hydrogen-bond acceptors (Lipinski definition) is 6. The van der Waals surface area contributed by atoms with E-state index in [9.17, 15) is 13.0 Å². The van der Waals surface area contributed by atoms with E-state index in [1.165, 1.54) is 0 Å². The van der Waals surface area contributed by atoms with Crippen LogP contribution in [0.1, 0.15) is 34.1 Å². The smallest absolute Gasteiger partial charge is 0.748 e. The van der Waals surface area contributed by atoms with E-state index < -0.39 is 34.2 Å². The monoisotopic (exact) mass is 364 g/mol. The number of ether oxygens (including phenoxy) is 1. The Morgan fingerprint density at radius 2 is 1.58 bits per heavy atom. The van der Waals surface area contributed by atoms with Gasteiger partial charge in [0, 0.05) is 5.75 Å². The van der Waals surface area contributed by atoms with E-state index in [0.717, 1.165) is 5.46 Å². The largest absolute Gasteiger partial charge is 1.00 e. The molecule has 0 radical (unpaired) electrons. The van der Waals surface area contributed by atoms with Crippen LogP contribution in [-0.2, 0) is 19.4 Å². The molecular formula is C15H22BNaO6S. The molecule has 0 aliphatic carbocycles. The molecule has 1 saturated heterocycles. The predicted octanol–water partition coefficient (Wildman–Crippen LogP) is -1.70. The quantitative estimate of drug-likeness (QED) is 0.340. The molecule has 1 fully saturated rings. The fourth-order valence-corrected chi connectivity index (χ4v) is 2.60. The average molecular weight is 364 g/mol. The summed E-state index contributed by atoms with van der Waals surface area (Å²) in [6.45, 7) is 8.16. The van der Waals surface area contributed by atoms with Crippen LogP contribution < -0.4 is 39.8 Å². The van der Waals surface area contributed by atoms with Gasteiger partial charge in [-0.3, -0.25) is 0 Å². The van der Waals surface area contributed by atoms with Crippen molar-refractivity contribution in [2.75, 3.05) is 12.4 Å². The zero-order valence-electron chi connectivity index (χ0n) is 14.9. The third-order valence-electron chi connectivity index (χ3n) is 4.21. The predicted molar refractivity (Wildman–Crippen MR) is 86.8 cm³/mol. The van der Waals surface area contributed by atoms with Crippen LogP contribution in [-0.4, -0.2) is 43.7 Å². The first-order valence-corrected chi connectivity index (χ1v) is 9.10. The van der Waals surface area contributed by atoms with E-state index in [1.807, 2.05) is 39.8 Å². The van der Waals surface area contributed by atoms with Crippen molar-refractivity contribution in [3.63, 3.8) is 0 Å². The molecular weight excluding hydrogens is 342 g/mol. The van der Waals surface area contributed by atoms with Crippen LogP contribution in [0.5, 0.6) is 5.75 Å². The summed E-state index contributed by atoms with van der Waals surface area (Å²) in [5, 5.41) is 0. The summed E-state index contributed by atoms with van der Waals surface area (Å²) < 4.78 is 48.8. The van der Waals surface area contributed by atoms with E-state index in [-0.39, 0.29) is 42.6 Å². The standard InChI is InChI=1S/C15H23BO6S.Na/c1-14(2)15(3,4)22-16(21-14)12-6-8-13(9-7-12)20-10-5-11-23(17,18)19;/h6-9H,5,10-11H2,1-4H3,(H,17,18,19);/q;+1/p-1. The van der Waals surface area contributed by atoms with Crippen molar-refractivity contribution >= 4 is 22.7 Å². The van der Waals surface area contributed by atoms with Crippen LogP contribution in [0.4, 0.5) is 0 Å². The number of hydrogen-bond donors (Lipinski definition) is 0. The van der Waals surface area contributed by atoms with Crippen molar-refractivity contribution in [3.05, 3.63) is 24.3 Å². The Bertz CT molecular complexity index is 628. The van der Waals surface area contributed by atoms with E-state index >= 15 is 0 Å². The van der Waals surface area contributed by atoms with Crippen molar-refractivity contribution in [3.8, 4) is 5.75 Å². The molecule has 0 atom stereocenters. The second-order valence-corrected chi connectivity index (χ2v) is 8.14. The molecule has 0 N–H and O–H groups in total. The summed E-state index contributed by atoms with van der Waals surface area (Å²) >= 11 is 0. The molecule has 9 heteroatoms. The molecule has 1 aliphatic rings. The van der Waals surface area contributed by atoms with Crippen molar-refractivity contribution in [2.45, 2.75) is 45.3 Å². The summed E-state index contributed by atoms with van der Waals surface area (Å²) in [6, 6.07) is 7.24. The van der Waals surface area contributed by atoms with Gasteiger partial charge in [0.1, 0.15) is 5.75 Å². The summed E-state index contributed by atoms with van der Waals surface area (Å²) in [5.41, 5.74) is 0.103. The molecule has 2 rings (SSSR count). The van der Waals surface area contributed by atoms with E-state index in [1.54, 1.807) is 12.1 Å². The van der Waals surface area contributed by atoms with Crippen molar-refractivity contribution < 1.29 is 56.6 Å². The molecule has 0 saturated carbocycles. The molecule has 6 nitrogen and oxygen atoms in total. The Hall–Kier alpha value is -0.0851. The molecule has 0 bridgehead atoms. The first kappa shape index (κ1) is 22.0. The zero-order valence-corrected chi connectivity index (χ0v) is 17.7. The minimum atomic E-state index is -4.18. The average Bonchev–Trinajstić information content (AvgIpc) is 2.63. The summed E-state index contributed by atoms with van der Waals surface area (Å²) in [7, 11) is -4.61. The first-order valence-electron chi connectivity index (χ1n) is 7.52. The van der Waals surface area contributed by atoms with Crippen molar-refractivity contribution in [1.82, 2.24) is 0 Å². The maximum absolute atomic E-state index is 10.5. The van der Waals surface area contributed by atoms with Gasteiger partial charge in [-0.25, -0.2) is 8.42 Å². The van der Waals surface area contributed by atoms with Gasteiger partial charge in [-0.15, -0.1) is 0 Å². The Morgan fingerprint density at radius 1 is 1.08 bits per heavy atom. The first-order chi connectivity index (χ1) is 10.5. The number of rotatable bonds is 6. The molecule has 1 aromatic carbocycles. The zero-order chi connectivity index (χ0) is 17.3. The fourth-order valence-electron chi connectivity index (χ4n) is 2.13. The van der Waals surface area contributed by atoms with Gasteiger partial charge in [0.2, 0.25) is 0 Å². The van der Waals surface area contributed by atoms with Gasteiger partial charge in [0.05, 0.1) is 27.9 Å². The summed E-state index contributed by atoms with van der Waals surface area (Å²) in [6.07, 6.45) is 0.171. The topological polar surface area (TPSA) is 84.9 Å². The van der Waals surface area contributed by atoms with Crippen molar-refractivity contribution in [1.29, 1.82) is 0 Å². The summed E-state index contributed by atoms with van der Waals surface area (Å²) in [5.74, 6) is 0.187. The van der Waals surface area contributed by atoms with Crippen LogP contribution in [0, 0.1) is 0 Å². The van der Waals surface area contributed by atoms with E-state index in [2.05, 4.69) is 0 Å². The molecule has 24 heavy (non-hydrogen) atoms. The van der Waals surface area contributed by atoms with Crippen molar-refractivity contribution in [2.24, 2.45) is 0 Å². The van der Waals surface area contributed by atoms with Crippen LogP contribution in [0.3, 0.4) is 0 Å². The van der Waals surface area contributed by atoms with E-state index in [4.69, 9.17) is 14.0 Å². The SMILES string of the molecule is CC1(C)OB(c2ccc(OCCCS(=O)(=O)[O-])cc2)OC1(C)C.[Na+]. The molecule has 0 unspecified atom stereocenters. The molecule has 1 heterocycles. The van der Waals surface area contributed by atoms with Crippen LogP contribution in [0.2, 0.25) is 0 Å². The van der Waals surface area contributed by atoms with Gasteiger partial charge in [-0.2, -0.15) is 0 Å². The molecule has 0 aromatic heterocycles. The molecule has 0 amide bonds.